The average Bonchev–Trinajstić information content (AvgIpc) is 2.33. The van der Waals surface area contributed by atoms with Gasteiger partial charge in [0.2, 0.25) is 0 Å². The number of hydrogen-bond donors (Lipinski definition) is 1. The molecule has 0 aliphatic heterocycles. The van der Waals surface area contributed by atoms with Crippen LogP contribution < -0.4 is 5.73 Å². The average molecular weight is 140 g/mol. The maximum atomic E-state index is 5.61. The fourth-order valence-corrected chi connectivity index (χ4v) is 0.869. The van der Waals surface area contributed by atoms with E-state index < -0.39 is 0 Å². The Labute approximate surface area is 60.1 Å². The van der Waals surface area contributed by atoms with Crippen molar-refractivity contribution < 1.29 is 0 Å². The minimum absolute atomic E-state index is 0.0255. The van der Waals surface area contributed by atoms with E-state index in [1.165, 1.54) is 6.33 Å². The summed E-state index contributed by atoms with van der Waals surface area (Å²) >= 11 is 0. The number of rotatable bonds is 2. The summed E-state index contributed by atoms with van der Waals surface area (Å²) in [4.78, 5) is 4.01. The fourth-order valence-electron chi connectivity index (χ4n) is 0.869. The summed E-state index contributed by atoms with van der Waals surface area (Å²) in [5.41, 5.74) is 5.61. The van der Waals surface area contributed by atoms with Gasteiger partial charge in [0.1, 0.15) is 12.2 Å². The number of aryl methyl sites for hydroxylation is 1. The van der Waals surface area contributed by atoms with Crippen LogP contribution in [0.1, 0.15) is 25.7 Å². The van der Waals surface area contributed by atoms with E-state index in [0.29, 0.717) is 0 Å². The second-order valence-corrected chi connectivity index (χ2v) is 2.22. The molecule has 0 amide bonds. The Balaban J connectivity index is 2.90. The summed E-state index contributed by atoms with van der Waals surface area (Å²) in [5.74, 6) is 0.850. The molecule has 0 aliphatic rings. The molecule has 0 fully saturated rings. The Bertz CT molecular complexity index is 203. The first kappa shape index (κ1) is 7.21. The third-order valence-corrected chi connectivity index (χ3v) is 1.35. The molecular formula is C6H12N4. The van der Waals surface area contributed by atoms with Crippen LogP contribution in [-0.2, 0) is 6.54 Å². The Kier molecular flexibility index (Phi) is 2.01. The standard InChI is InChI=1S/C6H12N4/c1-3-10-6(5(2)7)8-4-9-10/h4-5H,3,7H2,1-2H3. The summed E-state index contributed by atoms with van der Waals surface area (Å²) in [6.07, 6.45) is 1.53. The van der Waals surface area contributed by atoms with Gasteiger partial charge in [-0.05, 0) is 13.8 Å². The maximum Gasteiger partial charge on any atom is 0.143 e. The Hall–Kier alpha value is -0.900. The van der Waals surface area contributed by atoms with Gasteiger partial charge in [0.05, 0.1) is 6.04 Å². The Morgan fingerprint density at radius 2 is 2.50 bits per heavy atom. The van der Waals surface area contributed by atoms with Crippen molar-refractivity contribution in [1.82, 2.24) is 14.8 Å². The minimum atomic E-state index is -0.0255. The van der Waals surface area contributed by atoms with Gasteiger partial charge >= 0.3 is 0 Å². The predicted octanol–water partition coefficient (Wildman–Crippen LogP) is 0.318. The van der Waals surface area contributed by atoms with Gasteiger partial charge in [-0.2, -0.15) is 5.10 Å². The van der Waals surface area contributed by atoms with Crippen molar-refractivity contribution in [2.24, 2.45) is 5.73 Å². The van der Waals surface area contributed by atoms with Crippen molar-refractivity contribution >= 4 is 0 Å². The molecule has 1 aromatic heterocycles. The lowest BCUT2D eigenvalue weighted by Crippen LogP contribution is -2.13. The predicted molar refractivity (Wildman–Crippen MR) is 38.3 cm³/mol. The summed E-state index contributed by atoms with van der Waals surface area (Å²) in [6.45, 7) is 4.74. The van der Waals surface area contributed by atoms with Crippen molar-refractivity contribution in [2.75, 3.05) is 0 Å². The molecule has 0 aliphatic carbocycles. The summed E-state index contributed by atoms with van der Waals surface area (Å²) < 4.78 is 1.80. The van der Waals surface area contributed by atoms with Gasteiger partial charge in [-0.15, -0.1) is 0 Å². The molecule has 0 bridgehead atoms. The van der Waals surface area contributed by atoms with E-state index in [2.05, 4.69) is 10.1 Å². The van der Waals surface area contributed by atoms with Crippen LogP contribution in [0.25, 0.3) is 0 Å². The molecule has 4 nitrogen and oxygen atoms in total. The molecule has 0 radical (unpaired) electrons. The molecule has 2 N–H and O–H groups in total. The summed E-state index contributed by atoms with van der Waals surface area (Å²) in [5, 5.41) is 3.98. The zero-order valence-electron chi connectivity index (χ0n) is 6.28. The molecule has 1 rings (SSSR count). The number of hydrogen-bond acceptors (Lipinski definition) is 3. The SMILES string of the molecule is CCn1ncnc1C(C)N. The number of aromatic nitrogens is 3. The van der Waals surface area contributed by atoms with Crippen LogP contribution >= 0.6 is 0 Å². The molecule has 0 spiro atoms. The highest BCUT2D eigenvalue weighted by molar-refractivity contribution is 4.89. The quantitative estimate of drug-likeness (QED) is 0.643. The van der Waals surface area contributed by atoms with Crippen LogP contribution in [0, 0.1) is 0 Å². The first-order valence-electron chi connectivity index (χ1n) is 3.39. The Morgan fingerprint density at radius 1 is 1.80 bits per heavy atom. The van der Waals surface area contributed by atoms with Crippen molar-refractivity contribution in [3.63, 3.8) is 0 Å². The molecule has 0 aromatic carbocycles. The second kappa shape index (κ2) is 2.79. The smallest absolute Gasteiger partial charge is 0.143 e. The van der Waals surface area contributed by atoms with Crippen molar-refractivity contribution in [2.45, 2.75) is 26.4 Å². The number of nitrogens with two attached hydrogens (primary N) is 1. The van der Waals surface area contributed by atoms with Crippen LogP contribution in [0.5, 0.6) is 0 Å². The van der Waals surface area contributed by atoms with E-state index in [0.717, 1.165) is 12.4 Å². The van der Waals surface area contributed by atoms with Crippen LogP contribution in [-0.4, -0.2) is 14.8 Å². The topological polar surface area (TPSA) is 56.7 Å². The lowest BCUT2D eigenvalue weighted by molar-refractivity contribution is 0.580. The fraction of sp³-hybridized carbons (Fsp3) is 0.667. The van der Waals surface area contributed by atoms with Gasteiger partial charge in [0.25, 0.3) is 0 Å². The zero-order valence-corrected chi connectivity index (χ0v) is 6.28. The molecule has 1 heterocycles. The van der Waals surface area contributed by atoms with Crippen molar-refractivity contribution in [1.29, 1.82) is 0 Å². The normalized spacial score (nSPS) is 13.5. The van der Waals surface area contributed by atoms with E-state index in [4.69, 9.17) is 5.73 Å². The van der Waals surface area contributed by atoms with Gasteiger partial charge < -0.3 is 5.73 Å². The maximum absolute atomic E-state index is 5.61. The van der Waals surface area contributed by atoms with E-state index in [1.54, 1.807) is 4.68 Å². The monoisotopic (exact) mass is 140 g/mol. The van der Waals surface area contributed by atoms with E-state index in [1.807, 2.05) is 13.8 Å². The number of nitrogens with zero attached hydrogens (tertiary/aromatic N) is 3. The van der Waals surface area contributed by atoms with Crippen LogP contribution in [0.15, 0.2) is 6.33 Å². The van der Waals surface area contributed by atoms with Gasteiger partial charge in [0, 0.05) is 6.54 Å². The third kappa shape index (κ3) is 1.16. The molecule has 10 heavy (non-hydrogen) atoms. The van der Waals surface area contributed by atoms with Crippen molar-refractivity contribution in [3.8, 4) is 0 Å². The van der Waals surface area contributed by atoms with Crippen LogP contribution in [0.3, 0.4) is 0 Å². The third-order valence-electron chi connectivity index (χ3n) is 1.35. The van der Waals surface area contributed by atoms with E-state index in [-0.39, 0.29) is 6.04 Å². The largest absolute Gasteiger partial charge is 0.322 e. The van der Waals surface area contributed by atoms with Crippen LogP contribution in [0.4, 0.5) is 0 Å². The molecule has 56 valence electrons. The second-order valence-electron chi connectivity index (χ2n) is 2.22. The zero-order chi connectivity index (χ0) is 7.56. The minimum Gasteiger partial charge on any atom is -0.322 e. The van der Waals surface area contributed by atoms with Gasteiger partial charge in [-0.3, -0.25) is 0 Å². The highest BCUT2D eigenvalue weighted by atomic mass is 15.3. The lowest BCUT2D eigenvalue weighted by Gasteiger charge is -2.04. The molecule has 0 saturated carbocycles. The first-order chi connectivity index (χ1) is 4.75. The Morgan fingerprint density at radius 3 is 2.90 bits per heavy atom. The van der Waals surface area contributed by atoms with Crippen LogP contribution in [0.2, 0.25) is 0 Å². The molecule has 1 unspecified atom stereocenters. The molecule has 0 saturated heterocycles. The lowest BCUT2D eigenvalue weighted by atomic mass is 10.3. The van der Waals surface area contributed by atoms with Gasteiger partial charge in [-0.25, -0.2) is 9.67 Å². The summed E-state index contributed by atoms with van der Waals surface area (Å²) in [6, 6.07) is -0.0255. The highest BCUT2D eigenvalue weighted by Crippen LogP contribution is 2.02. The molecule has 4 heteroatoms. The molecule has 1 aromatic rings. The molecular weight excluding hydrogens is 128 g/mol. The van der Waals surface area contributed by atoms with Gasteiger partial charge in [-0.1, -0.05) is 0 Å². The molecule has 1 atom stereocenters. The highest BCUT2D eigenvalue weighted by Gasteiger charge is 2.05. The van der Waals surface area contributed by atoms with E-state index >= 15 is 0 Å². The van der Waals surface area contributed by atoms with Gasteiger partial charge in [0.15, 0.2) is 0 Å². The first-order valence-corrected chi connectivity index (χ1v) is 3.39. The van der Waals surface area contributed by atoms with Crippen molar-refractivity contribution in [3.05, 3.63) is 12.2 Å². The summed E-state index contributed by atoms with van der Waals surface area (Å²) in [7, 11) is 0. The van der Waals surface area contributed by atoms with E-state index in [9.17, 15) is 0 Å².